The van der Waals surface area contributed by atoms with Crippen LogP contribution in [0, 0.1) is 0 Å². The van der Waals surface area contributed by atoms with Crippen LogP contribution in [0.5, 0.6) is 0 Å². The fraction of sp³-hybridized carbons (Fsp3) is 0.179. The summed E-state index contributed by atoms with van der Waals surface area (Å²) in [5.41, 5.74) is 13.2. The Kier molecular flexibility index (Phi) is 8.47. The lowest BCUT2D eigenvalue weighted by atomic mass is 9.98. The van der Waals surface area contributed by atoms with E-state index in [4.69, 9.17) is 15.7 Å². The summed E-state index contributed by atoms with van der Waals surface area (Å²) in [5, 5.41) is 1.09. The molecule has 1 aliphatic heterocycles. The Balaban J connectivity index is 1.05. The molecule has 2 aromatic heterocycles. The van der Waals surface area contributed by atoms with Crippen molar-refractivity contribution >= 4 is 39.9 Å². The maximum absolute atomic E-state index is 13.4. The van der Waals surface area contributed by atoms with Crippen molar-refractivity contribution in [1.82, 2.24) is 19.9 Å². The molecule has 1 aliphatic rings. The van der Waals surface area contributed by atoms with E-state index in [0.29, 0.717) is 36.7 Å². The SMILES string of the molecule is Nc1ccc(-c2ccccc2)cc1CC(=O)c1cnc(N(c2ccccc2)C2CCN(C(=O)Cc3c[nH]c4ccccc34)CC2)nc1. The van der Waals surface area contributed by atoms with Gasteiger partial charge in [-0.25, -0.2) is 9.97 Å². The number of fused-ring (bicyclic) bond motifs is 1. The molecule has 1 saturated heterocycles. The zero-order valence-electron chi connectivity index (χ0n) is 26.0. The first-order chi connectivity index (χ1) is 23.0. The van der Waals surface area contributed by atoms with Crippen LogP contribution in [-0.4, -0.2) is 50.7 Å². The van der Waals surface area contributed by atoms with Crippen LogP contribution in [-0.2, 0) is 17.6 Å². The molecule has 8 nitrogen and oxygen atoms in total. The zero-order valence-corrected chi connectivity index (χ0v) is 26.0. The smallest absolute Gasteiger partial charge is 0.230 e. The number of hydrogen-bond acceptors (Lipinski definition) is 6. The second-order valence-electron chi connectivity index (χ2n) is 12.0. The van der Waals surface area contributed by atoms with Crippen LogP contribution in [0.15, 0.2) is 122 Å². The van der Waals surface area contributed by atoms with Gasteiger partial charge in [-0.15, -0.1) is 0 Å². The lowest BCUT2D eigenvalue weighted by molar-refractivity contribution is -0.131. The summed E-state index contributed by atoms with van der Waals surface area (Å²) in [6, 6.07) is 34.0. The highest BCUT2D eigenvalue weighted by Crippen LogP contribution is 2.31. The number of rotatable bonds is 9. The van der Waals surface area contributed by atoms with Gasteiger partial charge in [-0.1, -0.05) is 72.8 Å². The normalized spacial score (nSPS) is 13.5. The number of aromatic amines is 1. The number of para-hydroxylation sites is 2. The molecule has 0 bridgehead atoms. The Bertz CT molecular complexity index is 2000. The summed E-state index contributed by atoms with van der Waals surface area (Å²) in [7, 11) is 0. The number of nitrogen functional groups attached to an aromatic ring is 1. The number of carbonyl (C=O) groups is 2. The first kappa shape index (κ1) is 29.9. The Morgan fingerprint density at radius 2 is 1.47 bits per heavy atom. The molecule has 47 heavy (non-hydrogen) atoms. The number of nitrogens with one attached hydrogen (secondary N) is 1. The van der Waals surface area contributed by atoms with Crippen molar-refractivity contribution < 1.29 is 9.59 Å². The van der Waals surface area contributed by atoms with E-state index in [-0.39, 0.29) is 24.2 Å². The number of anilines is 3. The summed E-state index contributed by atoms with van der Waals surface area (Å²) >= 11 is 0. The fourth-order valence-corrected chi connectivity index (χ4v) is 6.44. The summed E-state index contributed by atoms with van der Waals surface area (Å²) in [6.45, 7) is 1.30. The van der Waals surface area contributed by atoms with Gasteiger partial charge in [0.25, 0.3) is 0 Å². The van der Waals surface area contributed by atoms with Crippen molar-refractivity contribution in [1.29, 1.82) is 0 Å². The quantitative estimate of drug-likeness (QED) is 0.133. The predicted molar refractivity (Wildman–Crippen MR) is 187 cm³/mol. The first-order valence-corrected chi connectivity index (χ1v) is 16.0. The summed E-state index contributed by atoms with van der Waals surface area (Å²) in [5.74, 6) is 0.567. The van der Waals surface area contributed by atoms with Crippen LogP contribution in [0.25, 0.3) is 22.0 Å². The first-order valence-electron chi connectivity index (χ1n) is 16.0. The average Bonchev–Trinajstić information content (AvgIpc) is 3.53. The number of H-pyrrole nitrogens is 1. The molecule has 0 unspecified atom stereocenters. The number of ketones is 1. The van der Waals surface area contributed by atoms with Gasteiger partial charge in [0, 0.05) is 66.4 Å². The van der Waals surface area contributed by atoms with E-state index < -0.39 is 0 Å². The molecule has 0 saturated carbocycles. The number of piperidine rings is 1. The molecule has 0 spiro atoms. The number of nitrogens with zero attached hydrogens (tertiary/aromatic N) is 4. The van der Waals surface area contributed by atoms with Crippen LogP contribution in [0.3, 0.4) is 0 Å². The van der Waals surface area contributed by atoms with Crippen molar-refractivity contribution in [3.05, 3.63) is 138 Å². The van der Waals surface area contributed by atoms with E-state index in [1.165, 1.54) is 0 Å². The second kappa shape index (κ2) is 13.3. The zero-order chi connectivity index (χ0) is 32.2. The van der Waals surface area contributed by atoms with Crippen LogP contribution >= 0.6 is 0 Å². The molecule has 234 valence electrons. The molecular formula is C39H36N6O2. The minimum Gasteiger partial charge on any atom is -0.398 e. The van der Waals surface area contributed by atoms with Gasteiger partial charge in [0.15, 0.2) is 5.78 Å². The van der Waals surface area contributed by atoms with E-state index in [1.807, 2.05) is 108 Å². The van der Waals surface area contributed by atoms with Crippen molar-refractivity contribution in [2.24, 2.45) is 0 Å². The van der Waals surface area contributed by atoms with Gasteiger partial charge < -0.3 is 20.5 Å². The second-order valence-corrected chi connectivity index (χ2v) is 12.0. The standard InChI is InChI=1S/C39H36N6O2/c40-35-16-15-28(27-9-3-1-4-10-27)21-29(35)22-37(46)31-25-42-39(43-26-31)45(32-11-5-2-6-12-32)33-17-19-44(20-18-33)38(47)23-30-24-41-36-14-8-7-13-34(30)36/h1-16,21,24-26,33,41H,17-20,22-23,40H2. The highest BCUT2D eigenvalue weighted by atomic mass is 16.2. The van der Waals surface area contributed by atoms with E-state index in [1.54, 1.807) is 12.4 Å². The summed E-state index contributed by atoms with van der Waals surface area (Å²) < 4.78 is 0. The maximum Gasteiger partial charge on any atom is 0.230 e. The number of amides is 1. The average molecular weight is 621 g/mol. The number of Topliss-reactive ketones (excluding diaryl/α,β-unsaturated/α-hetero) is 1. The number of benzene rings is 4. The summed E-state index contributed by atoms with van der Waals surface area (Å²) in [6.07, 6.45) is 7.23. The number of aromatic nitrogens is 3. The number of likely N-dealkylation sites (tertiary alicyclic amines) is 1. The number of nitrogens with two attached hydrogens (primary N) is 1. The van der Waals surface area contributed by atoms with Crippen molar-refractivity contribution in [2.75, 3.05) is 23.7 Å². The topological polar surface area (TPSA) is 108 Å². The maximum atomic E-state index is 13.4. The molecule has 4 aromatic carbocycles. The van der Waals surface area contributed by atoms with E-state index in [2.05, 4.69) is 16.0 Å². The summed E-state index contributed by atoms with van der Waals surface area (Å²) in [4.78, 5) is 43.4. The highest BCUT2D eigenvalue weighted by Gasteiger charge is 2.30. The minimum atomic E-state index is -0.0956. The van der Waals surface area contributed by atoms with E-state index in [9.17, 15) is 9.59 Å². The molecule has 0 aliphatic carbocycles. The minimum absolute atomic E-state index is 0.0941. The van der Waals surface area contributed by atoms with Gasteiger partial charge in [-0.05, 0) is 65.4 Å². The highest BCUT2D eigenvalue weighted by molar-refractivity contribution is 5.98. The molecule has 8 heteroatoms. The van der Waals surface area contributed by atoms with E-state index >= 15 is 0 Å². The predicted octanol–water partition coefficient (Wildman–Crippen LogP) is 7.00. The van der Waals surface area contributed by atoms with Gasteiger partial charge in [-0.3, -0.25) is 9.59 Å². The van der Waals surface area contributed by atoms with Crippen molar-refractivity contribution in [2.45, 2.75) is 31.7 Å². The Morgan fingerprint density at radius 3 is 2.21 bits per heavy atom. The lowest BCUT2D eigenvalue weighted by Crippen LogP contribution is -2.46. The third kappa shape index (κ3) is 6.49. The fourth-order valence-electron chi connectivity index (χ4n) is 6.44. The lowest BCUT2D eigenvalue weighted by Gasteiger charge is -2.38. The Labute approximate surface area is 273 Å². The van der Waals surface area contributed by atoms with Gasteiger partial charge in [0.2, 0.25) is 11.9 Å². The number of hydrogen-bond donors (Lipinski definition) is 2. The molecule has 3 heterocycles. The molecule has 1 fully saturated rings. The van der Waals surface area contributed by atoms with Crippen LogP contribution < -0.4 is 10.6 Å². The number of carbonyl (C=O) groups excluding carboxylic acids is 2. The van der Waals surface area contributed by atoms with Gasteiger partial charge in [0.1, 0.15) is 0 Å². The van der Waals surface area contributed by atoms with Gasteiger partial charge in [0.05, 0.1) is 12.0 Å². The molecular weight excluding hydrogens is 584 g/mol. The third-order valence-electron chi connectivity index (χ3n) is 9.01. The van der Waals surface area contributed by atoms with Crippen LogP contribution in [0.2, 0.25) is 0 Å². The molecule has 0 atom stereocenters. The molecule has 3 N–H and O–H groups in total. The van der Waals surface area contributed by atoms with Gasteiger partial charge in [-0.2, -0.15) is 0 Å². The third-order valence-corrected chi connectivity index (χ3v) is 9.01. The monoisotopic (exact) mass is 620 g/mol. The van der Waals surface area contributed by atoms with Crippen LogP contribution in [0.4, 0.5) is 17.3 Å². The van der Waals surface area contributed by atoms with Crippen LogP contribution in [0.1, 0.15) is 34.3 Å². The molecule has 1 amide bonds. The molecule has 7 rings (SSSR count). The van der Waals surface area contributed by atoms with Crippen molar-refractivity contribution in [3.8, 4) is 11.1 Å². The van der Waals surface area contributed by atoms with Crippen molar-refractivity contribution in [3.63, 3.8) is 0 Å². The Morgan fingerprint density at radius 1 is 0.787 bits per heavy atom. The molecule has 6 aromatic rings. The largest absolute Gasteiger partial charge is 0.398 e. The Hall–Kier alpha value is -5.76. The molecule has 0 radical (unpaired) electrons. The van der Waals surface area contributed by atoms with E-state index in [0.717, 1.165) is 51.7 Å². The van der Waals surface area contributed by atoms with Gasteiger partial charge >= 0.3 is 0 Å².